The number of carbonyl (C=O) groups excluding carboxylic acids is 1. The second-order valence-electron chi connectivity index (χ2n) is 9.18. The fourth-order valence-corrected chi connectivity index (χ4v) is 4.16. The lowest BCUT2D eigenvalue weighted by molar-refractivity contribution is -0.125. The maximum Gasteiger partial charge on any atom is 0.268 e. The molecule has 0 spiro atoms. The number of pyridine rings is 1. The van der Waals surface area contributed by atoms with Gasteiger partial charge in [0.1, 0.15) is 22.9 Å². The van der Waals surface area contributed by atoms with Crippen molar-refractivity contribution in [3.63, 3.8) is 0 Å². The van der Waals surface area contributed by atoms with Gasteiger partial charge in [-0.2, -0.15) is 0 Å². The van der Waals surface area contributed by atoms with Crippen LogP contribution in [0.15, 0.2) is 36.8 Å². The van der Waals surface area contributed by atoms with Crippen LogP contribution in [0.2, 0.25) is 0 Å². The summed E-state index contributed by atoms with van der Waals surface area (Å²) in [6.45, 7) is 6.17. The van der Waals surface area contributed by atoms with Crippen LogP contribution in [-0.2, 0) is 16.9 Å². The van der Waals surface area contributed by atoms with Gasteiger partial charge in [0.2, 0.25) is 0 Å². The van der Waals surface area contributed by atoms with Crippen molar-refractivity contribution in [2.24, 2.45) is 0 Å². The first-order chi connectivity index (χ1) is 16.9. The highest BCUT2D eigenvalue weighted by molar-refractivity contribution is 5.99. The van der Waals surface area contributed by atoms with Gasteiger partial charge in [-0.15, -0.1) is 0 Å². The molecule has 1 amide bonds. The maximum absolute atomic E-state index is 15.0. The van der Waals surface area contributed by atoms with Crippen LogP contribution in [0, 0.1) is 24.4 Å². The highest BCUT2D eigenvalue weighted by Crippen LogP contribution is 2.38. The van der Waals surface area contributed by atoms with Crippen LogP contribution in [0.25, 0.3) is 16.8 Å². The summed E-state index contributed by atoms with van der Waals surface area (Å²) in [5, 5.41) is 10.1. The largest absolute Gasteiger partial charge is 0.476 e. The number of imidazole rings is 1. The van der Waals surface area contributed by atoms with Crippen LogP contribution >= 0.6 is 0 Å². The van der Waals surface area contributed by atoms with Crippen molar-refractivity contribution in [3.05, 3.63) is 71.5 Å². The SMILES string of the molecule is Cc1nc2cc(F)c(-c3cnc(C(C)(C)O)nc3)cn2c1CN1C(=O)[C@H](C)Oc2c(F)cc(F)cc21. The third-order valence-corrected chi connectivity index (χ3v) is 6.01. The first-order valence-corrected chi connectivity index (χ1v) is 11.1. The Balaban J connectivity index is 1.60. The number of nitrogens with zero attached hydrogens (tertiary/aromatic N) is 5. The molecule has 0 saturated heterocycles. The molecule has 1 aromatic carbocycles. The normalized spacial score (nSPS) is 15.8. The average molecular weight is 497 g/mol. The van der Waals surface area contributed by atoms with E-state index in [0.29, 0.717) is 23.0 Å². The van der Waals surface area contributed by atoms with Gasteiger partial charge < -0.3 is 14.2 Å². The van der Waals surface area contributed by atoms with Crippen molar-refractivity contribution in [1.29, 1.82) is 0 Å². The van der Waals surface area contributed by atoms with Gasteiger partial charge in [0.05, 0.1) is 23.6 Å². The number of carbonyl (C=O) groups is 1. The Morgan fingerprint density at radius 3 is 2.47 bits per heavy atom. The first kappa shape index (κ1) is 23.7. The van der Waals surface area contributed by atoms with Gasteiger partial charge in [0.15, 0.2) is 23.5 Å². The fourth-order valence-electron chi connectivity index (χ4n) is 4.16. The Morgan fingerprint density at radius 2 is 1.81 bits per heavy atom. The number of rotatable bonds is 4. The minimum atomic E-state index is -1.26. The number of anilines is 1. The van der Waals surface area contributed by atoms with Crippen LogP contribution in [0.1, 0.15) is 38.0 Å². The number of benzene rings is 1. The van der Waals surface area contributed by atoms with Gasteiger partial charge >= 0.3 is 0 Å². The second-order valence-corrected chi connectivity index (χ2v) is 9.18. The Bertz CT molecular complexity index is 1510. The molecule has 4 aromatic rings. The molecule has 3 aromatic heterocycles. The van der Waals surface area contributed by atoms with Crippen molar-refractivity contribution in [3.8, 4) is 16.9 Å². The standard InChI is InChI=1S/C25H22F3N5O3/c1-12-20(11-33-19-6-15(26)5-18(28)22(19)36-13(2)23(33)34)32-10-16(17(27)7-21(32)31-12)14-8-29-24(30-9-14)25(3,4)35/h5-10,13,35H,11H2,1-4H3/t13-/m0/s1. The number of aromatic nitrogens is 4. The molecule has 0 saturated carbocycles. The molecule has 5 rings (SSSR count). The van der Waals surface area contributed by atoms with Crippen LogP contribution in [0.3, 0.4) is 0 Å². The van der Waals surface area contributed by atoms with Crippen molar-refractivity contribution in [2.45, 2.75) is 45.9 Å². The van der Waals surface area contributed by atoms with E-state index in [9.17, 15) is 18.7 Å². The van der Waals surface area contributed by atoms with Gasteiger partial charge in [-0.1, -0.05) is 0 Å². The van der Waals surface area contributed by atoms with Crippen molar-refractivity contribution in [2.75, 3.05) is 4.90 Å². The second kappa shape index (κ2) is 8.30. The molecular formula is C25H22F3N5O3. The van der Waals surface area contributed by atoms with E-state index < -0.39 is 35.1 Å². The van der Waals surface area contributed by atoms with Crippen LogP contribution in [0.4, 0.5) is 18.9 Å². The van der Waals surface area contributed by atoms with E-state index in [1.54, 1.807) is 25.2 Å². The molecule has 11 heteroatoms. The lowest BCUT2D eigenvalue weighted by Gasteiger charge is -2.33. The predicted molar refractivity (Wildman–Crippen MR) is 124 cm³/mol. The van der Waals surface area contributed by atoms with E-state index in [1.807, 2.05) is 0 Å². The number of halogens is 3. The minimum absolute atomic E-state index is 0.0390. The lowest BCUT2D eigenvalue weighted by atomic mass is 10.1. The highest BCUT2D eigenvalue weighted by Gasteiger charge is 2.35. The van der Waals surface area contributed by atoms with E-state index in [4.69, 9.17) is 4.74 Å². The summed E-state index contributed by atoms with van der Waals surface area (Å²) in [7, 11) is 0. The molecule has 0 aliphatic carbocycles. The Kier molecular flexibility index (Phi) is 5.47. The molecule has 186 valence electrons. The van der Waals surface area contributed by atoms with E-state index >= 15 is 4.39 Å². The average Bonchev–Trinajstić information content (AvgIpc) is 3.10. The summed E-state index contributed by atoms with van der Waals surface area (Å²) in [5.41, 5.74) is 0.545. The molecule has 1 aliphatic rings. The number of hydrogen-bond acceptors (Lipinski definition) is 6. The van der Waals surface area contributed by atoms with Crippen molar-refractivity contribution >= 4 is 17.2 Å². The van der Waals surface area contributed by atoms with E-state index in [-0.39, 0.29) is 35.0 Å². The number of amides is 1. The van der Waals surface area contributed by atoms with Gasteiger partial charge in [-0.3, -0.25) is 9.69 Å². The first-order valence-electron chi connectivity index (χ1n) is 11.1. The molecule has 1 aliphatic heterocycles. The lowest BCUT2D eigenvalue weighted by Crippen LogP contribution is -2.44. The molecule has 0 bridgehead atoms. The summed E-state index contributed by atoms with van der Waals surface area (Å²) in [6.07, 6.45) is 3.33. The third-order valence-electron chi connectivity index (χ3n) is 6.01. The van der Waals surface area contributed by atoms with Crippen molar-refractivity contribution < 1.29 is 27.8 Å². The number of aliphatic hydroxyl groups is 1. The number of aryl methyl sites for hydroxylation is 1. The van der Waals surface area contributed by atoms with Gasteiger partial charge in [-0.25, -0.2) is 28.1 Å². The Hall–Kier alpha value is -3.99. The Morgan fingerprint density at radius 1 is 1.11 bits per heavy atom. The molecule has 0 unspecified atom stereocenters. The molecule has 1 N–H and O–H groups in total. The third kappa shape index (κ3) is 3.95. The summed E-state index contributed by atoms with van der Waals surface area (Å²) < 4.78 is 50.5. The molecule has 36 heavy (non-hydrogen) atoms. The number of ether oxygens (including phenoxy) is 1. The Labute approximate surface area is 204 Å². The summed E-state index contributed by atoms with van der Waals surface area (Å²) >= 11 is 0. The number of fused-ring (bicyclic) bond motifs is 2. The maximum atomic E-state index is 15.0. The molecule has 1 atom stereocenters. The van der Waals surface area contributed by atoms with E-state index in [2.05, 4.69) is 15.0 Å². The van der Waals surface area contributed by atoms with Crippen LogP contribution in [-0.4, -0.2) is 36.5 Å². The van der Waals surface area contributed by atoms with Gasteiger partial charge in [0, 0.05) is 47.9 Å². The predicted octanol–water partition coefficient (Wildman–Crippen LogP) is 4.06. The molecule has 0 fully saturated rings. The monoisotopic (exact) mass is 497 g/mol. The molecule has 8 nitrogen and oxygen atoms in total. The minimum Gasteiger partial charge on any atom is -0.476 e. The van der Waals surface area contributed by atoms with Crippen LogP contribution < -0.4 is 9.64 Å². The zero-order valence-electron chi connectivity index (χ0n) is 19.9. The summed E-state index contributed by atoms with van der Waals surface area (Å²) in [5.74, 6) is -2.85. The van der Waals surface area contributed by atoms with Crippen molar-refractivity contribution in [1.82, 2.24) is 19.4 Å². The smallest absolute Gasteiger partial charge is 0.268 e. The highest BCUT2D eigenvalue weighted by atomic mass is 19.1. The van der Waals surface area contributed by atoms with E-state index in [1.165, 1.54) is 36.5 Å². The quantitative estimate of drug-likeness (QED) is 0.457. The van der Waals surface area contributed by atoms with E-state index in [0.717, 1.165) is 6.07 Å². The molecule has 4 heterocycles. The zero-order chi connectivity index (χ0) is 25.9. The van der Waals surface area contributed by atoms with Crippen LogP contribution in [0.5, 0.6) is 5.75 Å². The fraction of sp³-hybridized carbons (Fsp3) is 0.280. The molecular weight excluding hydrogens is 475 g/mol. The molecule has 0 radical (unpaired) electrons. The summed E-state index contributed by atoms with van der Waals surface area (Å²) in [4.78, 5) is 26.9. The van der Waals surface area contributed by atoms with Gasteiger partial charge in [0.25, 0.3) is 5.91 Å². The topological polar surface area (TPSA) is 92.9 Å². The number of hydrogen-bond donors (Lipinski definition) is 1. The summed E-state index contributed by atoms with van der Waals surface area (Å²) in [6, 6.07) is 2.97. The van der Waals surface area contributed by atoms with Gasteiger partial charge in [-0.05, 0) is 27.7 Å². The zero-order valence-corrected chi connectivity index (χ0v) is 19.9.